The second-order valence-corrected chi connectivity index (χ2v) is 7.41. The van der Waals surface area contributed by atoms with Crippen LogP contribution in [0.25, 0.3) is 0 Å². The molecule has 1 aliphatic heterocycles. The Morgan fingerprint density at radius 1 is 1.21 bits per heavy atom. The molecule has 3 nitrogen and oxygen atoms in total. The smallest absolute Gasteiger partial charge is 0.0586 e. The SMILES string of the molecule is CC(C)=C1C(CCCc2ccc(C)cn2)=CC(CC(C)C)=CN1N. The Balaban J connectivity index is 2.08. The molecule has 0 spiro atoms. The number of nitrogens with two attached hydrogens (primary N) is 1. The van der Waals surface area contributed by atoms with Crippen LogP contribution in [-0.2, 0) is 6.42 Å². The molecule has 1 aliphatic rings. The van der Waals surface area contributed by atoms with Crippen LogP contribution in [0.15, 0.2) is 53.0 Å². The fraction of sp³-hybridized carbons (Fsp3) is 0.476. The third-order valence-corrected chi connectivity index (χ3v) is 4.20. The van der Waals surface area contributed by atoms with Crippen molar-refractivity contribution in [3.63, 3.8) is 0 Å². The third-order valence-electron chi connectivity index (χ3n) is 4.20. The van der Waals surface area contributed by atoms with Crippen molar-refractivity contribution in [1.29, 1.82) is 0 Å². The normalized spacial score (nSPS) is 14.8. The zero-order valence-electron chi connectivity index (χ0n) is 15.8. The van der Waals surface area contributed by atoms with Crippen LogP contribution in [0.2, 0.25) is 0 Å². The monoisotopic (exact) mass is 325 g/mol. The molecule has 0 fully saturated rings. The van der Waals surface area contributed by atoms with Crippen LogP contribution in [0.3, 0.4) is 0 Å². The van der Waals surface area contributed by atoms with Crippen molar-refractivity contribution in [2.24, 2.45) is 11.8 Å². The van der Waals surface area contributed by atoms with Crippen LogP contribution >= 0.6 is 0 Å². The lowest BCUT2D eigenvalue weighted by molar-refractivity contribution is 0.472. The Morgan fingerprint density at radius 2 is 1.96 bits per heavy atom. The van der Waals surface area contributed by atoms with Crippen LogP contribution in [0.4, 0.5) is 0 Å². The van der Waals surface area contributed by atoms with Gasteiger partial charge in [0.2, 0.25) is 0 Å². The molecule has 2 N–H and O–H groups in total. The van der Waals surface area contributed by atoms with E-state index in [0.29, 0.717) is 5.92 Å². The summed E-state index contributed by atoms with van der Waals surface area (Å²) in [5.41, 5.74) is 7.47. The van der Waals surface area contributed by atoms with Crippen molar-refractivity contribution < 1.29 is 0 Å². The second kappa shape index (κ2) is 8.29. The number of aromatic nitrogens is 1. The Bertz CT molecular complexity index is 644. The van der Waals surface area contributed by atoms with Gasteiger partial charge < -0.3 is 0 Å². The van der Waals surface area contributed by atoms with Crippen molar-refractivity contribution in [1.82, 2.24) is 9.99 Å². The largest absolute Gasteiger partial charge is 0.286 e. The van der Waals surface area contributed by atoms with E-state index in [0.717, 1.165) is 25.7 Å². The molecule has 0 saturated heterocycles. The fourth-order valence-electron chi connectivity index (χ4n) is 3.20. The summed E-state index contributed by atoms with van der Waals surface area (Å²) in [6.07, 6.45) is 10.5. The zero-order valence-corrected chi connectivity index (χ0v) is 15.8. The fourth-order valence-corrected chi connectivity index (χ4v) is 3.20. The molecule has 0 atom stereocenters. The number of aryl methyl sites for hydroxylation is 2. The quantitative estimate of drug-likeness (QED) is 0.744. The van der Waals surface area contributed by atoms with Gasteiger partial charge >= 0.3 is 0 Å². The minimum Gasteiger partial charge on any atom is -0.286 e. The standard InChI is InChI=1S/C21H31N3/c1-15(2)11-18-12-19(21(16(3)4)24(22)14-18)7-6-8-20-10-9-17(5)13-23-20/h9-10,12-15H,6-8,11,22H2,1-5H3. The number of pyridine rings is 1. The van der Waals surface area contributed by atoms with Gasteiger partial charge in [-0.05, 0) is 75.1 Å². The van der Waals surface area contributed by atoms with Crippen LogP contribution in [0.1, 0.15) is 58.2 Å². The van der Waals surface area contributed by atoms with E-state index in [4.69, 9.17) is 5.84 Å². The van der Waals surface area contributed by atoms with E-state index in [1.54, 1.807) is 0 Å². The molecule has 0 aromatic carbocycles. The molecular weight excluding hydrogens is 294 g/mol. The van der Waals surface area contributed by atoms with Gasteiger partial charge in [0, 0.05) is 18.1 Å². The van der Waals surface area contributed by atoms with Gasteiger partial charge in [0.1, 0.15) is 0 Å². The highest BCUT2D eigenvalue weighted by Gasteiger charge is 2.17. The number of hydrogen-bond acceptors (Lipinski definition) is 3. The molecule has 1 aromatic heterocycles. The minimum atomic E-state index is 0.632. The van der Waals surface area contributed by atoms with Gasteiger partial charge in [-0.3, -0.25) is 9.99 Å². The van der Waals surface area contributed by atoms with E-state index < -0.39 is 0 Å². The first-order valence-electron chi connectivity index (χ1n) is 8.91. The lowest BCUT2D eigenvalue weighted by Crippen LogP contribution is -2.29. The second-order valence-electron chi connectivity index (χ2n) is 7.41. The number of nitrogens with zero attached hydrogens (tertiary/aromatic N) is 2. The maximum absolute atomic E-state index is 6.28. The molecule has 0 radical (unpaired) electrons. The lowest BCUT2D eigenvalue weighted by atomic mass is 9.93. The van der Waals surface area contributed by atoms with Gasteiger partial charge in [0.15, 0.2) is 0 Å². The summed E-state index contributed by atoms with van der Waals surface area (Å²) in [5.74, 6) is 6.91. The van der Waals surface area contributed by atoms with Gasteiger partial charge in [-0.1, -0.05) is 31.6 Å². The van der Waals surface area contributed by atoms with E-state index in [2.05, 4.69) is 64.0 Å². The van der Waals surface area contributed by atoms with Gasteiger partial charge in [0.25, 0.3) is 0 Å². The molecule has 0 amide bonds. The summed E-state index contributed by atoms with van der Waals surface area (Å²) < 4.78 is 0. The zero-order chi connectivity index (χ0) is 17.7. The number of hydrogen-bond donors (Lipinski definition) is 1. The molecule has 0 bridgehead atoms. The molecule has 130 valence electrons. The van der Waals surface area contributed by atoms with Crippen molar-refractivity contribution in [3.05, 3.63) is 64.3 Å². The van der Waals surface area contributed by atoms with Gasteiger partial charge in [-0.15, -0.1) is 0 Å². The molecule has 0 saturated carbocycles. The van der Waals surface area contributed by atoms with Crippen molar-refractivity contribution in [3.8, 4) is 0 Å². The number of allylic oxidation sites excluding steroid dienone is 4. The summed E-state index contributed by atoms with van der Waals surface area (Å²) in [6.45, 7) is 10.8. The summed E-state index contributed by atoms with van der Waals surface area (Å²) in [7, 11) is 0. The van der Waals surface area contributed by atoms with Crippen LogP contribution in [0, 0.1) is 12.8 Å². The van der Waals surface area contributed by atoms with Crippen LogP contribution in [-0.4, -0.2) is 9.99 Å². The Kier molecular flexibility index (Phi) is 6.38. The molecule has 0 aliphatic carbocycles. The van der Waals surface area contributed by atoms with Crippen molar-refractivity contribution in [2.75, 3.05) is 0 Å². The van der Waals surface area contributed by atoms with Crippen molar-refractivity contribution >= 4 is 0 Å². The summed E-state index contributed by atoms with van der Waals surface area (Å²) >= 11 is 0. The molecule has 2 heterocycles. The number of hydrazine groups is 1. The Morgan fingerprint density at radius 3 is 2.54 bits per heavy atom. The Labute approximate surface area is 146 Å². The first kappa shape index (κ1) is 18.5. The molecule has 2 rings (SSSR count). The van der Waals surface area contributed by atoms with Gasteiger partial charge in [0.05, 0.1) is 5.70 Å². The van der Waals surface area contributed by atoms with Gasteiger partial charge in [-0.2, -0.15) is 0 Å². The van der Waals surface area contributed by atoms with E-state index >= 15 is 0 Å². The van der Waals surface area contributed by atoms with E-state index in [1.165, 1.54) is 33.7 Å². The first-order valence-corrected chi connectivity index (χ1v) is 8.91. The predicted octanol–water partition coefficient (Wildman–Crippen LogP) is 5.05. The van der Waals surface area contributed by atoms with E-state index in [-0.39, 0.29) is 0 Å². The average molecular weight is 326 g/mol. The molecule has 1 aromatic rings. The summed E-state index contributed by atoms with van der Waals surface area (Å²) in [6, 6.07) is 4.26. The highest BCUT2D eigenvalue weighted by atomic mass is 15.4. The van der Waals surface area contributed by atoms with E-state index in [9.17, 15) is 0 Å². The van der Waals surface area contributed by atoms with Crippen LogP contribution < -0.4 is 5.84 Å². The molecule has 0 unspecified atom stereocenters. The lowest BCUT2D eigenvalue weighted by Gasteiger charge is -2.28. The highest BCUT2D eigenvalue weighted by molar-refractivity contribution is 5.43. The summed E-state index contributed by atoms with van der Waals surface area (Å²) in [5, 5.41) is 1.81. The topological polar surface area (TPSA) is 42.2 Å². The third kappa shape index (κ3) is 5.07. The average Bonchev–Trinajstić information content (AvgIpc) is 2.47. The van der Waals surface area contributed by atoms with Crippen molar-refractivity contribution in [2.45, 2.75) is 60.3 Å². The first-order chi connectivity index (χ1) is 11.4. The number of rotatable bonds is 6. The molecule has 24 heavy (non-hydrogen) atoms. The Hall–Kier alpha value is -1.87. The minimum absolute atomic E-state index is 0.632. The maximum atomic E-state index is 6.28. The molecular formula is C21H31N3. The maximum Gasteiger partial charge on any atom is 0.0586 e. The highest BCUT2D eigenvalue weighted by Crippen LogP contribution is 2.30. The van der Waals surface area contributed by atoms with Gasteiger partial charge in [-0.25, -0.2) is 5.84 Å². The molecule has 3 heteroatoms. The van der Waals surface area contributed by atoms with Crippen LogP contribution in [0.5, 0.6) is 0 Å². The summed E-state index contributed by atoms with van der Waals surface area (Å²) in [4.78, 5) is 4.51. The predicted molar refractivity (Wildman–Crippen MR) is 102 cm³/mol. The van der Waals surface area contributed by atoms with E-state index in [1.807, 2.05) is 11.2 Å².